The number of hydrogen-bond acceptors (Lipinski definition) is 3. The number of nitrogens with zero attached hydrogens (tertiary/aromatic N) is 1. The molecule has 0 spiro atoms. The maximum atomic E-state index is 12.4. The lowest BCUT2D eigenvalue weighted by Crippen LogP contribution is -2.16. The summed E-state index contributed by atoms with van der Waals surface area (Å²) in [6.45, 7) is 2.41. The van der Waals surface area contributed by atoms with E-state index in [1.54, 1.807) is 22.8 Å². The maximum absolute atomic E-state index is 12.4. The molecule has 0 saturated heterocycles. The van der Waals surface area contributed by atoms with Gasteiger partial charge in [0, 0.05) is 23.6 Å². The second-order valence-electron chi connectivity index (χ2n) is 7.59. The quantitative estimate of drug-likeness (QED) is 0.295. The number of rotatable bonds is 6. The van der Waals surface area contributed by atoms with E-state index >= 15 is 0 Å². The molecule has 1 aromatic heterocycles. The first-order valence-corrected chi connectivity index (χ1v) is 9.93. The number of hydrogen-bond donors (Lipinski definition) is 1. The van der Waals surface area contributed by atoms with Crippen LogP contribution in [0, 0.1) is 6.92 Å². The van der Waals surface area contributed by atoms with Crippen LogP contribution in [0.15, 0.2) is 72.9 Å². The van der Waals surface area contributed by atoms with Gasteiger partial charge in [-0.1, -0.05) is 48.0 Å². The van der Waals surface area contributed by atoms with Crippen molar-refractivity contribution in [2.75, 3.05) is 0 Å². The normalized spacial score (nSPS) is 11.5. The highest BCUT2D eigenvalue weighted by atomic mass is 19.4. The number of carbonyl (C=O) groups is 2. The van der Waals surface area contributed by atoms with Crippen molar-refractivity contribution in [3.63, 3.8) is 0 Å². The fraction of sp³-hybridized carbons (Fsp3) is 0.120. The van der Waals surface area contributed by atoms with Crippen molar-refractivity contribution < 1.29 is 32.6 Å². The Balaban J connectivity index is 1.75. The summed E-state index contributed by atoms with van der Waals surface area (Å²) in [5.74, 6) is -2.95. The number of fused-ring (bicyclic) bond motifs is 1. The molecule has 5 nitrogen and oxygen atoms in total. The number of ketones is 1. The average Bonchev–Trinajstić information content (AvgIpc) is 3.11. The Morgan fingerprint density at radius 1 is 0.939 bits per heavy atom. The number of ether oxygens (including phenoxy) is 1. The standard InChI is InChI=1S/C25H18F3NO4/c1-15-2-4-16(5-3-15)13-29-14-21(23(30)24(31)32)20-12-18(8-11-22(20)29)17-6-9-19(10-7-17)33-25(26,27)28/h2-12,14H,13H2,1H3,(H,31,32). The van der Waals surface area contributed by atoms with Gasteiger partial charge in [-0.3, -0.25) is 4.79 Å². The summed E-state index contributed by atoms with van der Waals surface area (Å²) in [5, 5.41) is 9.72. The number of aliphatic carboxylic acids is 1. The van der Waals surface area contributed by atoms with E-state index < -0.39 is 18.1 Å². The third kappa shape index (κ3) is 4.90. The molecule has 1 heterocycles. The van der Waals surface area contributed by atoms with E-state index in [1.807, 2.05) is 31.2 Å². The van der Waals surface area contributed by atoms with Gasteiger partial charge in [0.15, 0.2) is 0 Å². The molecule has 168 valence electrons. The minimum atomic E-state index is -4.78. The van der Waals surface area contributed by atoms with Crippen LogP contribution in [0.4, 0.5) is 13.2 Å². The van der Waals surface area contributed by atoms with Crippen LogP contribution in [0.25, 0.3) is 22.0 Å². The molecular formula is C25H18F3NO4. The molecule has 0 aliphatic carbocycles. The van der Waals surface area contributed by atoms with Crippen molar-refractivity contribution in [3.05, 3.63) is 89.6 Å². The Kier molecular flexibility index (Phi) is 5.68. The molecule has 0 atom stereocenters. The zero-order chi connectivity index (χ0) is 23.8. The fourth-order valence-electron chi connectivity index (χ4n) is 3.64. The molecule has 4 aromatic rings. The van der Waals surface area contributed by atoms with Crippen LogP contribution in [0.2, 0.25) is 0 Å². The van der Waals surface area contributed by atoms with Gasteiger partial charge in [0.1, 0.15) is 5.75 Å². The van der Waals surface area contributed by atoms with E-state index in [0.29, 0.717) is 28.6 Å². The molecule has 0 unspecified atom stereocenters. The predicted octanol–water partition coefficient (Wildman–Crippen LogP) is 5.83. The van der Waals surface area contributed by atoms with Crippen LogP contribution in [0.1, 0.15) is 21.5 Å². The van der Waals surface area contributed by atoms with Crippen molar-refractivity contribution in [2.45, 2.75) is 19.8 Å². The zero-order valence-corrected chi connectivity index (χ0v) is 17.4. The van der Waals surface area contributed by atoms with Crippen LogP contribution in [0.3, 0.4) is 0 Å². The number of aromatic nitrogens is 1. The van der Waals surface area contributed by atoms with Gasteiger partial charge in [-0.15, -0.1) is 13.2 Å². The molecular weight excluding hydrogens is 435 g/mol. The van der Waals surface area contributed by atoms with Crippen molar-refractivity contribution in [3.8, 4) is 16.9 Å². The van der Waals surface area contributed by atoms with Gasteiger partial charge >= 0.3 is 12.3 Å². The van der Waals surface area contributed by atoms with Gasteiger partial charge in [0.25, 0.3) is 5.78 Å². The van der Waals surface area contributed by atoms with Crippen molar-refractivity contribution in [2.24, 2.45) is 0 Å². The number of benzene rings is 3. The van der Waals surface area contributed by atoms with E-state index in [2.05, 4.69) is 4.74 Å². The van der Waals surface area contributed by atoms with Crippen LogP contribution in [-0.2, 0) is 11.3 Å². The zero-order valence-electron chi connectivity index (χ0n) is 17.4. The molecule has 3 aromatic carbocycles. The Hall–Kier alpha value is -4.07. The maximum Gasteiger partial charge on any atom is 0.573 e. The minimum absolute atomic E-state index is 0.0449. The molecule has 0 radical (unpaired) electrons. The van der Waals surface area contributed by atoms with Gasteiger partial charge in [-0.05, 0) is 47.9 Å². The highest BCUT2D eigenvalue weighted by Crippen LogP contribution is 2.31. The number of alkyl halides is 3. The van der Waals surface area contributed by atoms with Gasteiger partial charge < -0.3 is 14.4 Å². The number of Topliss-reactive ketones (excluding diaryl/α,β-unsaturated/α-hetero) is 1. The van der Waals surface area contributed by atoms with E-state index in [1.165, 1.54) is 30.5 Å². The van der Waals surface area contributed by atoms with Crippen molar-refractivity contribution in [1.82, 2.24) is 4.57 Å². The monoisotopic (exact) mass is 453 g/mol. The molecule has 8 heteroatoms. The summed E-state index contributed by atoms with van der Waals surface area (Å²) in [6, 6.07) is 18.4. The molecule has 0 aliphatic heterocycles. The molecule has 33 heavy (non-hydrogen) atoms. The Morgan fingerprint density at radius 2 is 1.58 bits per heavy atom. The summed E-state index contributed by atoms with van der Waals surface area (Å²) in [5.41, 5.74) is 4.01. The lowest BCUT2D eigenvalue weighted by Gasteiger charge is -2.10. The lowest BCUT2D eigenvalue weighted by molar-refractivity contribution is -0.274. The van der Waals surface area contributed by atoms with Gasteiger partial charge in [0.2, 0.25) is 0 Å². The topological polar surface area (TPSA) is 68.5 Å². The fourth-order valence-corrected chi connectivity index (χ4v) is 3.64. The SMILES string of the molecule is Cc1ccc(Cn2cc(C(=O)C(=O)O)c3cc(-c4ccc(OC(F)(F)F)cc4)ccc32)cc1. The summed E-state index contributed by atoms with van der Waals surface area (Å²) >= 11 is 0. The summed E-state index contributed by atoms with van der Waals surface area (Å²) in [6.07, 6.45) is -3.27. The summed E-state index contributed by atoms with van der Waals surface area (Å²) < 4.78 is 42.9. The van der Waals surface area contributed by atoms with Crippen molar-refractivity contribution >= 4 is 22.7 Å². The Morgan fingerprint density at radius 3 is 2.18 bits per heavy atom. The van der Waals surface area contributed by atoms with Gasteiger partial charge in [-0.25, -0.2) is 4.79 Å². The van der Waals surface area contributed by atoms with Crippen LogP contribution in [0.5, 0.6) is 5.75 Å². The smallest absolute Gasteiger partial charge is 0.475 e. The number of carboxylic acids is 1. The second kappa shape index (κ2) is 8.46. The molecule has 0 bridgehead atoms. The minimum Gasteiger partial charge on any atom is -0.475 e. The summed E-state index contributed by atoms with van der Waals surface area (Å²) in [7, 11) is 0. The van der Waals surface area contributed by atoms with E-state index in [9.17, 15) is 27.9 Å². The lowest BCUT2D eigenvalue weighted by atomic mass is 10.0. The molecule has 0 saturated carbocycles. The van der Waals surface area contributed by atoms with Crippen LogP contribution < -0.4 is 4.74 Å². The third-order valence-electron chi connectivity index (χ3n) is 5.21. The number of carboxylic acid groups (broad SMARTS) is 1. The van der Waals surface area contributed by atoms with E-state index in [-0.39, 0.29) is 11.3 Å². The molecule has 0 amide bonds. The summed E-state index contributed by atoms with van der Waals surface area (Å²) in [4.78, 5) is 23.7. The van der Waals surface area contributed by atoms with Crippen LogP contribution >= 0.6 is 0 Å². The highest BCUT2D eigenvalue weighted by molar-refractivity contribution is 6.42. The number of halogens is 3. The second-order valence-corrected chi connectivity index (χ2v) is 7.59. The largest absolute Gasteiger partial charge is 0.573 e. The molecule has 0 fully saturated rings. The predicted molar refractivity (Wildman–Crippen MR) is 116 cm³/mol. The van der Waals surface area contributed by atoms with E-state index in [4.69, 9.17) is 0 Å². The van der Waals surface area contributed by atoms with Crippen molar-refractivity contribution in [1.29, 1.82) is 0 Å². The first-order valence-electron chi connectivity index (χ1n) is 9.93. The molecule has 0 aliphatic rings. The third-order valence-corrected chi connectivity index (χ3v) is 5.21. The van der Waals surface area contributed by atoms with E-state index in [0.717, 1.165) is 11.1 Å². The average molecular weight is 453 g/mol. The number of carbonyl (C=O) groups excluding carboxylic acids is 1. The van der Waals surface area contributed by atoms with Gasteiger partial charge in [0.05, 0.1) is 5.56 Å². The Labute approximate surface area is 186 Å². The van der Waals surface area contributed by atoms with Crippen LogP contribution in [-0.4, -0.2) is 27.8 Å². The number of aryl methyl sites for hydroxylation is 1. The Bertz CT molecular complexity index is 1340. The first-order chi connectivity index (χ1) is 15.6. The molecule has 4 rings (SSSR count). The first kappa shape index (κ1) is 22.1. The highest BCUT2D eigenvalue weighted by Gasteiger charge is 2.31. The van der Waals surface area contributed by atoms with Gasteiger partial charge in [-0.2, -0.15) is 0 Å². The molecule has 1 N–H and O–H groups in total.